The second-order valence-corrected chi connectivity index (χ2v) is 2.26. The summed E-state index contributed by atoms with van der Waals surface area (Å²) in [6.45, 7) is 3.88. The Morgan fingerprint density at radius 3 is 3.10 bits per heavy atom. The molecule has 0 amide bonds. The van der Waals surface area contributed by atoms with Crippen molar-refractivity contribution in [3.8, 4) is 0 Å². The predicted octanol–water partition coefficient (Wildman–Crippen LogP) is 0.681. The highest BCUT2D eigenvalue weighted by Gasteiger charge is 2.05. The van der Waals surface area contributed by atoms with E-state index in [-0.39, 0.29) is 0 Å². The van der Waals surface area contributed by atoms with Gasteiger partial charge in [-0.3, -0.25) is 5.43 Å². The second-order valence-electron chi connectivity index (χ2n) is 2.26. The standard InChI is InChI=1S/C8H8N2/c1-2-4-8-6-10-9-5-7(8)3-1/h1-4,9-10H,5H2. The van der Waals surface area contributed by atoms with Crippen LogP contribution >= 0.6 is 0 Å². The smallest absolute Gasteiger partial charge is 0.109 e. The molecular weight excluding hydrogens is 124 g/mol. The van der Waals surface area contributed by atoms with Crippen LogP contribution in [-0.4, -0.2) is 0 Å². The highest BCUT2D eigenvalue weighted by atomic mass is 15.4. The van der Waals surface area contributed by atoms with Gasteiger partial charge in [0.05, 0.1) is 0 Å². The minimum absolute atomic E-state index is 0.878. The van der Waals surface area contributed by atoms with E-state index in [1.165, 1.54) is 5.56 Å². The molecule has 2 rings (SSSR count). The SMILES string of the molecule is [C]1NNCc2ccccc21. The molecule has 2 radical (unpaired) electrons. The summed E-state index contributed by atoms with van der Waals surface area (Å²) in [5, 5.41) is 0. The molecule has 1 aromatic rings. The Morgan fingerprint density at radius 1 is 1.30 bits per heavy atom. The molecule has 0 bridgehead atoms. The maximum Gasteiger partial charge on any atom is 0.109 e. The van der Waals surface area contributed by atoms with Crippen molar-refractivity contribution in [1.82, 2.24) is 10.9 Å². The average Bonchev–Trinajstić information content (AvgIpc) is 2.05. The molecular formula is C8H8N2. The fourth-order valence-electron chi connectivity index (χ4n) is 1.05. The Bertz CT molecular complexity index is 207. The van der Waals surface area contributed by atoms with Gasteiger partial charge in [-0.2, -0.15) is 0 Å². The Labute approximate surface area is 60.2 Å². The fraction of sp³-hybridized carbons (Fsp3) is 0.125. The van der Waals surface area contributed by atoms with Crippen LogP contribution in [-0.2, 0) is 6.54 Å². The fourth-order valence-corrected chi connectivity index (χ4v) is 1.05. The van der Waals surface area contributed by atoms with E-state index in [1.807, 2.05) is 18.2 Å². The monoisotopic (exact) mass is 132 g/mol. The van der Waals surface area contributed by atoms with E-state index in [0.717, 1.165) is 12.1 Å². The summed E-state index contributed by atoms with van der Waals surface area (Å²) in [5.41, 5.74) is 8.27. The van der Waals surface area contributed by atoms with E-state index >= 15 is 0 Å². The van der Waals surface area contributed by atoms with Crippen LogP contribution in [0.25, 0.3) is 0 Å². The van der Waals surface area contributed by atoms with Crippen molar-refractivity contribution < 1.29 is 0 Å². The molecule has 0 aliphatic carbocycles. The zero-order valence-electron chi connectivity index (χ0n) is 5.52. The molecule has 0 aromatic heterocycles. The molecule has 0 saturated carbocycles. The van der Waals surface area contributed by atoms with Crippen LogP contribution in [0.15, 0.2) is 24.3 Å². The van der Waals surface area contributed by atoms with Crippen molar-refractivity contribution in [2.24, 2.45) is 0 Å². The summed E-state index contributed by atoms with van der Waals surface area (Å²) in [6, 6.07) is 8.19. The largest absolute Gasteiger partial charge is 0.252 e. The number of hydrogen-bond acceptors (Lipinski definition) is 2. The molecule has 1 aliphatic heterocycles. The number of nitrogens with one attached hydrogen (secondary N) is 2. The molecule has 0 fully saturated rings. The maximum absolute atomic E-state index is 3.00. The molecule has 2 N–H and O–H groups in total. The van der Waals surface area contributed by atoms with Gasteiger partial charge < -0.3 is 0 Å². The summed E-state index contributed by atoms with van der Waals surface area (Å²) in [5.74, 6) is 0. The third kappa shape index (κ3) is 0.916. The summed E-state index contributed by atoms with van der Waals surface area (Å²) >= 11 is 0. The lowest BCUT2D eigenvalue weighted by Crippen LogP contribution is -2.33. The number of benzene rings is 1. The molecule has 0 saturated heterocycles. The molecule has 50 valence electrons. The minimum atomic E-state index is 0.878. The maximum atomic E-state index is 3.00. The van der Waals surface area contributed by atoms with Crippen LogP contribution < -0.4 is 10.9 Å². The van der Waals surface area contributed by atoms with E-state index in [0.29, 0.717) is 0 Å². The van der Waals surface area contributed by atoms with E-state index in [9.17, 15) is 0 Å². The van der Waals surface area contributed by atoms with Gasteiger partial charge in [-0.15, -0.1) is 0 Å². The van der Waals surface area contributed by atoms with Crippen molar-refractivity contribution >= 4 is 0 Å². The van der Waals surface area contributed by atoms with Crippen LogP contribution in [0.1, 0.15) is 11.1 Å². The van der Waals surface area contributed by atoms with Crippen LogP contribution in [0.4, 0.5) is 0 Å². The van der Waals surface area contributed by atoms with Crippen LogP contribution in [0.3, 0.4) is 0 Å². The van der Waals surface area contributed by atoms with Crippen molar-refractivity contribution in [2.75, 3.05) is 0 Å². The van der Waals surface area contributed by atoms with Crippen LogP contribution in [0.2, 0.25) is 0 Å². The van der Waals surface area contributed by atoms with Crippen molar-refractivity contribution in [2.45, 2.75) is 6.54 Å². The molecule has 2 nitrogen and oxygen atoms in total. The van der Waals surface area contributed by atoms with E-state index in [1.54, 1.807) is 0 Å². The quantitative estimate of drug-likeness (QED) is 0.542. The summed E-state index contributed by atoms with van der Waals surface area (Å²) in [6.07, 6.45) is 0. The Morgan fingerprint density at radius 2 is 2.20 bits per heavy atom. The second kappa shape index (κ2) is 2.40. The molecule has 10 heavy (non-hydrogen) atoms. The number of fused-ring (bicyclic) bond motifs is 1. The van der Waals surface area contributed by atoms with Gasteiger partial charge in [0, 0.05) is 6.54 Å². The van der Waals surface area contributed by atoms with Crippen molar-refractivity contribution in [1.29, 1.82) is 0 Å². The van der Waals surface area contributed by atoms with Gasteiger partial charge in [-0.25, -0.2) is 5.43 Å². The van der Waals surface area contributed by atoms with Gasteiger partial charge in [-0.05, 0) is 11.1 Å². The Kier molecular flexibility index (Phi) is 1.42. The molecule has 0 atom stereocenters. The molecule has 1 heterocycles. The minimum Gasteiger partial charge on any atom is -0.252 e. The lowest BCUT2D eigenvalue weighted by Gasteiger charge is -2.15. The van der Waals surface area contributed by atoms with Crippen LogP contribution in [0.5, 0.6) is 0 Å². The molecule has 1 aromatic carbocycles. The molecule has 0 spiro atoms. The van der Waals surface area contributed by atoms with Gasteiger partial charge in [0.2, 0.25) is 0 Å². The number of hydrogen-bond donors (Lipinski definition) is 2. The van der Waals surface area contributed by atoms with Gasteiger partial charge >= 0.3 is 0 Å². The Hall–Kier alpha value is -0.860. The molecule has 1 aliphatic rings. The first kappa shape index (κ1) is 5.89. The molecule has 2 heteroatoms. The summed E-state index contributed by atoms with van der Waals surface area (Å²) < 4.78 is 0. The third-order valence-electron chi connectivity index (χ3n) is 1.58. The van der Waals surface area contributed by atoms with Crippen molar-refractivity contribution in [3.63, 3.8) is 0 Å². The lowest BCUT2D eigenvalue weighted by molar-refractivity contribution is 0.573. The average molecular weight is 132 g/mol. The first-order chi connectivity index (χ1) is 4.97. The third-order valence-corrected chi connectivity index (χ3v) is 1.58. The Balaban J connectivity index is 2.41. The lowest BCUT2D eigenvalue weighted by atomic mass is 10.1. The summed E-state index contributed by atoms with van der Waals surface area (Å²) in [4.78, 5) is 0. The van der Waals surface area contributed by atoms with Gasteiger partial charge in [0.15, 0.2) is 0 Å². The summed E-state index contributed by atoms with van der Waals surface area (Å²) in [7, 11) is 0. The highest BCUT2D eigenvalue weighted by Crippen LogP contribution is 2.11. The highest BCUT2D eigenvalue weighted by molar-refractivity contribution is 5.33. The molecule has 0 unspecified atom stereocenters. The first-order valence-corrected chi connectivity index (χ1v) is 3.28. The van der Waals surface area contributed by atoms with E-state index in [4.69, 9.17) is 0 Å². The predicted molar refractivity (Wildman–Crippen MR) is 38.8 cm³/mol. The first-order valence-electron chi connectivity index (χ1n) is 3.28. The number of hydrazine groups is 1. The van der Waals surface area contributed by atoms with E-state index in [2.05, 4.69) is 23.5 Å². The zero-order chi connectivity index (χ0) is 6.81. The topological polar surface area (TPSA) is 24.1 Å². The van der Waals surface area contributed by atoms with Gasteiger partial charge in [-0.1, -0.05) is 24.3 Å². The normalized spacial score (nSPS) is 16.4. The van der Waals surface area contributed by atoms with Gasteiger partial charge in [0.25, 0.3) is 0 Å². The number of rotatable bonds is 0. The van der Waals surface area contributed by atoms with E-state index < -0.39 is 0 Å². The van der Waals surface area contributed by atoms with Crippen LogP contribution in [0, 0.1) is 6.54 Å². The van der Waals surface area contributed by atoms with Crippen molar-refractivity contribution in [3.05, 3.63) is 41.9 Å². The zero-order valence-corrected chi connectivity index (χ0v) is 5.52. The van der Waals surface area contributed by atoms with Gasteiger partial charge in [0.1, 0.15) is 6.54 Å².